The molecule has 1 aliphatic rings. The average Bonchev–Trinajstić information content (AvgIpc) is 2.70. The molecule has 1 aliphatic heterocycles. The summed E-state index contributed by atoms with van der Waals surface area (Å²) < 4.78 is 27.6. The lowest BCUT2D eigenvalue weighted by Crippen LogP contribution is -2.38. The second-order valence-corrected chi connectivity index (χ2v) is 7.94. The van der Waals surface area contributed by atoms with Gasteiger partial charge in [-0.05, 0) is 34.7 Å². The maximum absolute atomic E-state index is 12.2. The summed E-state index contributed by atoms with van der Waals surface area (Å²) in [7, 11) is 1.32. The van der Waals surface area contributed by atoms with E-state index in [0.717, 1.165) is 18.9 Å². The molecule has 0 aromatic carbocycles. The Morgan fingerprint density at radius 1 is 1.58 bits per heavy atom. The molecule has 1 unspecified atom stereocenters. The Kier molecular flexibility index (Phi) is 4.27. The van der Waals surface area contributed by atoms with Crippen molar-refractivity contribution < 1.29 is 17.6 Å². The van der Waals surface area contributed by atoms with Gasteiger partial charge in [-0.2, -0.15) is 0 Å². The van der Waals surface area contributed by atoms with E-state index in [1.807, 2.05) is 0 Å². The normalized spacial score (nSPS) is 20.6. The van der Waals surface area contributed by atoms with Crippen LogP contribution in [0.2, 0.25) is 0 Å². The van der Waals surface area contributed by atoms with E-state index in [0.29, 0.717) is 19.0 Å². The van der Waals surface area contributed by atoms with Crippen LogP contribution in [0.4, 0.5) is 0 Å². The molecule has 5 nitrogen and oxygen atoms in total. The minimum absolute atomic E-state index is 0.0137. The third kappa shape index (κ3) is 3.32. The van der Waals surface area contributed by atoms with E-state index in [1.165, 1.54) is 0 Å². The molecule has 0 saturated carbocycles. The first-order valence-corrected chi connectivity index (χ1v) is 8.92. The van der Waals surface area contributed by atoms with Gasteiger partial charge < -0.3 is 9.32 Å². The maximum atomic E-state index is 12.2. The number of amides is 1. The molecule has 1 saturated heterocycles. The van der Waals surface area contributed by atoms with Crippen LogP contribution in [-0.4, -0.2) is 32.3 Å². The molecular weight excluding hydrogens is 358 g/mol. The van der Waals surface area contributed by atoms with Gasteiger partial charge in [-0.3, -0.25) is 4.79 Å². The predicted octanol–water partition coefficient (Wildman–Crippen LogP) is 2.84. The fourth-order valence-electron chi connectivity index (χ4n) is 2.15. The molecule has 1 atom stereocenters. The highest BCUT2D eigenvalue weighted by atomic mass is 79.9. The number of carbonyl (C=O) groups is 1. The Balaban J connectivity index is 2.25. The first kappa shape index (κ1) is 14.9. The van der Waals surface area contributed by atoms with Crippen molar-refractivity contribution in [2.75, 3.05) is 13.1 Å². The van der Waals surface area contributed by atoms with Gasteiger partial charge in [0.1, 0.15) is 4.90 Å². The van der Waals surface area contributed by atoms with Crippen LogP contribution in [0.25, 0.3) is 0 Å². The van der Waals surface area contributed by atoms with Crippen LogP contribution in [0, 0.1) is 5.92 Å². The summed E-state index contributed by atoms with van der Waals surface area (Å²) in [5.74, 6) is 0.117. The van der Waals surface area contributed by atoms with Crippen molar-refractivity contribution in [3.8, 4) is 0 Å². The van der Waals surface area contributed by atoms with Crippen molar-refractivity contribution in [3.63, 3.8) is 0 Å². The predicted molar refractivity (Wildman–Crippen MR) is 73.7 cm³/mol. The van der Waals surface area contributed by atoms with Crippen LogP contribution in [0.3, 0.4) is 0 Å². The molecule has 2 heterocycles. The van der Waals surface area contributed by atoms with Gasteiger partial charge in [0.25, 0.3) is 15.0 Å². The van der Waals surface area contributed by atoms with Crippen LogP contribution >= 0.6 is 26.6 Å². The quantitative estimate of drug-likeness (QED) is 0.751. The second kappa shape index (κ2) is 5.46. The van der Waals surface area contributed by atoms with E-state index in [9.17, 15) is 13.2 Å². The molecule has 1 aromatic rings. The molecule has 19 heavy (non-hydrogen) atoms. The van der Waals surface area contributed by atoms with Gasteiger partial charge in [0.2, 0.25) is 0 Å². The Labute approximate surface area is 124 Å². The van der Waals surface area contributed by atoms with E-state index in [2.05, 4.69) is 22.9 Å². The summed E-state index contributed by atoms with van der Waals surface area (Å²) >= 11 is 2.96. The molecule has 106 valence electrons. The zero-order valence-corrected chi connectivity index (χ0v) is 13.4. The summed E-state index contributed by atoms with van der Waals surface area (Å²) in [5, 5.41) is 0. The molecule has 0 aliphatic carbocycles. The lowest BCUT2D eigenvalue weighted by atomic mass is 10.0. The van der Waals surface area contributed by atoms with Crippen LogP contribution in [-0.2, 0) is 9.05 Å². The highest BCUT2D eigenvalue weighted by molar-refractivity contribution is 9.10. The van der Waals surface area contributed by atoms with Gasteiger partial charge in [-0.1, -0.05) is 6.92 Å². The van der Waals surface area contributed by atoms with Crippen LogP contribution in [0.5, 0.6) is 0 Å². The standard InChI is InChI=1S/C11H13BrClNO4S/c1-7-3-2-4-14(6-7)11(15)8-5-9(10(12)18-8)19(13,16)17/h5,7H,2-4,6H2,1H3. The number of hydrogen-bond acceptors (Lipinski definition) is 4. The third-order valence-corrected chi connectivity index (χ3v) is 5.25. The molecule has 2 rings (SSSR count). The van der Waals surface area contributed by atoms with Crippen LogP contribution in [0.15, 0.2) is 20.0 Å². The fourth-order valence-corrected chi connectivity index (χ4v) is 4.19. The summed E-state index contributed by atoms with van der Waals surface area (Å²) in [5.41, 5.74) is 0. The number of carbonyl (C=O) groups excluding carboxylic acids is 1. The van der Waals surface area contributed by atoms with Gasteiger partial charge in [0.05, 0.1) is 0 Å². The maximum Gasteiger partial charge on any atom is 0.289 e. The summed E-state index contributed by atoms with van der Waals surface area (Å²) in [6.07, 6.45) is 2.03. The molecule has 0 radical (unpaired) electrons. The van der Waals surface area contributed by atoms with Crippen LogP contribution < -0.4 is 0 Å². The number of likely N-dealkylation sites (tertiary alicyclic amines) is 1. The molecule has 1 fully saturated rings. The van der Waals surface area contributed by atoms with Crippen molar-refractivity contribution in [2.45, 2.75) is 24.7 Å². The highest BCUT2D eigenvalue weighted by Gasteiger charge is 2.28. The number of furan rings is 1. The number of rotatable bonds is 2. The first-order chi connectivity index (χ1) is 8.79. The molecule has 0 spiro atoms. The zero-order chi connectivity index (χ0) is 14.2. The topological polar surface area (TPSA) is 67.6 Å². The van der Waals surface area contributed by atoms with Gasteiger partial charge in [0.15, 0.2) is 10.4 Å². The smallest absolute Gasteiger partial charge is 0.289 e. The molecule has 8 heteroatoms. The van der Waals surface area contributed by atoms with Crippen molar-refractivity contribution in [1.29, 1.82) is 0 Å². The SMILES string of the molecule is CC1CCCN(C(=O)c2cc(S(=O)(=O)Cl)c(Br)o2)C1. The minimum Gasteiger partial charge on any atom is -0.443 e. The summed E-state index contributed by atoms with van der Waals surface area (Å²) in [6, 6.07) is 1.16. The van der Waals surface area contributed by atoms with Crippen molar-refractivity contribution in [3.05, 3.63) is 16.5 Å². The molecule has 0 bridgehead atoms. The van der Waals surface area contributed by atoms with Crippen molar-refractivity contribution >= 4 is 41.6 Å². The Bertz CT molecular complexity index is 598. The van der Waals surface area contributed by atoms with Gasteiger partial charge in [-0.25, -0.2) is 8.42 Å². The van der Waals surface area contributed by atoms with E-state index in [-0.39, 0.29) is 21.2 Å². The average molecular weight is 371 g/mol. The summed E-state index contributed by atoms with van der Waals surface area (Å²) in [4.78, 5) is 13.7. The van der Waals surface area contributed by atoms with Gasteiger partial charge >= 0.3 is 0 Å². The molecule has 1 amide bonds. The van der Waals surface area contributed by atoms with Crippen molar-refractivity contribution in [2.24, 2.45) is 5.92 Å². The Morgan fingerprint density at radius 2 is 2.26 bits per heavy atom. The monoisotopic (exact) mass is 369 g/mol. The summed E-state index contributed by atoms with van der Waals surface area (Å²) in [6.45, 7) is 3.39. The number of halogens is 2. The van der Waals surface area contributed by atoms with Gasteiger partial charge in [-0.15, -0.1) is 0 Å². The van der Waals surface area contributed by atoms with E-state index in [1.54, 1.807) is 4.90 Å². The van der Waals surface area contributed by atoms with Crippen molar-refractivity contribution in [1.82, 2.24) is 4.90 Å². The highest BCUT2D eigenvalue weighted by Crippen LogP contribution is 2.30. The first-order valence-electron chi connectivity index (χ1n) is 5.82. The minimum atomic E-state index is -3.93. The number of hydrogen-bond donors (Lipinski definition) is 0. The van der Waals surface area contributed by atoms with E-state index < -0.39 is 9.05 Å². The Hall–Kier alpha value is -0.530. The largest absolute Gasteiger partial charge is 0.443 e. The van der Waals surface area contributed by atoms with Gasteiger partial charge in [0, 0.05) is 29.8 Å². The van der Waals surface area contributed by atoms with E-state index >= 15 is 0 Å². The Morgan fingerprint density at radius 3 is 2.79 bits per heavy atom. The fraction of sp³-hybridized carbons (Fsp3) is 0.545. The lowest BCUT2D eigenvalue weighted by molar-refractivity contribution is 0.0649. The van der Waals surface area contributed by atoms with E-state index in [4.69, 9.17) is 15.1 Å². The lowest BCUT2D eigenvalue weighted by Gasteiger charge is -2.30. The number of piperidine rings is 1. The molecule has 1 aromatic heterocycles. The third-order valence-electron chi connectivity index (χ3n) is 3.07. The molecule has 0 N–H and O–H groups in total. The van der Waals surface area contributed by atoms with Crippen LogP contribution in [0.1, 0.15) is 30.3 Å². The molecular formula is C11H13BrClNO4S. The second-order valence-electron chi connectivity index (χ2n) is 4.69. The zero-order valence-electron chi connectivity index (χ0n) is 10.2. The number of nitrogens with zero attached hydrogens (tertiary/aromatic N) is 1.